The van der Waals surface area contributed by atoms with Gasteiger partial charge in [0.05, 0.1) is 12.7 Å². The van der Waals surface area contributed by atoms with Gasteiger partial charge in [-0.1, -0.05) is 0 Å². The molecule has 0 aliphatic rings. The zero-order valence-corrected chi connectivity index (χ0v) is 13.0. The van der Waals surface area contributed by atoms with Gasteiger partial charge in [-0.2, -0.15) is 13.2 Å². The highest BCUT2D eigenvalue weighted by molar-refractivity contribution is 5.77. The van der Waals surface area contributed by atoms with Gasteiger partial charge in [-0.15, -0.1) is 0 Å². The van der Waals surface area contributed by atoms with Crippen molar-refractivity contribution in [2.75, 3.05) is 6.54 Å². The first-order chi connectivity index (χ1) is 11.2. The van der Waals surface area contributed by atoms with Gasteiger partial charge >= 0.3 is 6.18 Å². The van der Waals surface area contributed by atoms with Gasteiger partial charge < -0.3 is 19.6 Å². The molecule has 1 atom stereocenters. The minimum Gasteiger partial charge on any atom is -0.374 e. The van der Waals surface area contributed by atoms with E-state index in [1.807, 2.05) is 0 Å². The predicted molar refractivity (Wildman–Crippen MR) is 77.6 cm³/mol. The third-order valence-corrected chi connectivity index (χ3v) is 3.55. The molecule has 0 bridgehead atoms. The van der Waals surface area contributed by atoms with Crippen LogP contribution >= 0.6 is 0 Å². The Morgan fingerprint density at radius 1 is 1.33 bits per heavy atom. The van der Waals surface area contributed by atoms with Gasteiger partial charge in [0.1, 0.15) is 0 Å². The highest BCUT2D eigenvalue weighted by Gasteiger charge is 2.58. The second-order valence-electron chi connectivity index (χ2n) is 5.40. The summed E-state index contributed by atoms with van der Waals surface area (Å²) < 4.78 is 42.7. The number of aromatic nitrogens is 4. The van der Waals surface area contributed by atoms with Crippen LogP contribution < -0.4 is 5.32 Å². The Balaban J connectivity index is 1.94. The number of alkyl halides is 3. The van der Waals surface area contributed by atoms with Crippen molar-refractivity contribution in [2.45, 2.75) is 31.2 Å². The van der Waals surface area contributed by atoms with Crippen molar-refractivity contribution in [2.24, 2.45) is 7.05 Å². The summed E-state index contributed by atoms with van der Waals surface area (Å²) in [4.78, 5) is 19.2. The zero-order valence-electron chi connectivity index (χ0n) is 13.0. The van der Waals surface area contributed by atoms with Gasteiger partial charge in [0.15, 0.2) is 5.82 Å². The Hall–Kier alpha value is -2.36. The Kier molecular flexibility index (Phi) is 5.27. The molecule has 10 heteroatoms. The number of nitrogens with one attached hydrogen (secondary N) is 1. The van der Waals surface area contributed by atoms with Crippen LogP contribution in [0.3, 0.4) is 0 Å². The van der Waals surface area contributed by atoms with Crippen LogP contribution in [-0.4, -0.2) is 42.8 Å². The standard InChI is InChI=1S/C14H18F3N5O2/c1-21-7-5-20-12(21)13(24,14(15,16)17)9-11(23)19-3-2-6-22-8-4-18-10-22/h4-5,7-8,10,24H,2-3,6,9H2,1H3,(H,19,23). The Bertz CT molecular complexity index is 668. The first-order valence-electron chi connectivity index (χ1n) is 7.23. The minimum absolute atomic E-state index is 0.186. The summed E-state index contributed by atoms with van der Waals surface area (Å²) in [6, 6.07) is 0. The molecule has 0 radical (unpaired) electrons. The third kappa shape index (κ3) is 3.94. The number of halogens is 3. The summed E-state index contributed by atoms with van der Waals surface area (Å²) in [6.07, 6.45) is 1.71. The monoisotopic (exact) mass is 345 g/mol. The summed E-state index contributed by atoms with van der Waals surface area (Å²) >= 11 is 0. The van der Waals surface area contributed by atoms with Gasteiger partial charge in [0.2, 0.25) is 11.5 Å². The average molecular weight is 345 g/mol. The molecule has 2 rings (SSSR count). The van der Waals surface area contributed by atoms with Crippen LogP contribution in [0, 0.1) is 0 Å². The van der Waals surface area contributed by atoms with Crippen molar-refractivity contribution in [3.05, 3.63) is 36.9 Å². The van der Waals surface area contributed by atoms with Gasteiger partial charge in [-0.3, -0.25) is 4.79 Å². The lowest BCUT2D eigenvalue weighted by Gasteiger charge is -2.29. The fraction of sp³-hybridized carbons (Fsp3) is 0.500. The molecule has 24 heavy (non-hydrogen) atoms. The topological polar surface area (TPSA) is 85.0 Å². The van der Waals surface area contributed by atoms with E-state index < -0.39 is 29.9 Å². The molecule has 2 aromatic heterocycles. The van der Waals surface area contributed by atoms with Gasteiger partial charge in [-0.05, 0) is 6.42 Å². The largest absolute Gasteiger partial charge is 0.425 e. The lowest BCUT2D eigenvalue weighted by molar-refractivity contribution is -0.271. The summed E-state index contributed by atoms with van der Waals surface area (Å²) in [6.45, 7) is 0.759. The highest BCUT2D eigenvalue weighted by Crippen LogP contribution is 2.40. The lowest BCUT2D eigenvalue weighted by atomic mass is 9.97. The van der Waals surface area contributed by atoms with Gasteiger partial charge in [0.25, 0.3) is 0 Å². The summed E-state index contributed by atoms with van der Waals surface area (Å²) in [5.74, 6) is -1.52. The molecule has 1 unspecified atom stereocenters. The van der Waals surface area contributed by atoms with Crippen LogP contribution in [0.1, 0.15) is 18.7 Å². The second-order valence-corrected chi connectivity index (χ2v) is 5.40. The van der Waals surface area contributed by atoms with Gasteiger partial charge in [0, 0.05) is 44.9 Å². The molecule has 0 saturated carbocycles. The van der Waals surface area contributed by atoms with E-state index >= 15 is 0 Å². The number of carbonyl (C=O) groups excluding carboxylic acids is 1. The molecule has 7 nitrogen and oxygen atoms in total. The number of aryl methyl sites for hydroxylation is 2. The van der Waals surface area contributed by atoms with Crippen molar-refractivity contribution < 1.29 is 23.1 Å². The quantitative estimate of drug-likeness (QED) is 0.732. The van der Waals surface area contributed by atoms with Crippen molar-refractivity contribution in [3.8, 4) is 0 Å². The third-order valence-electron chi connectivity index (χ3n) is 3.55. The molecule has 0 aliphatic heterocycles. The van der Waals surface area contributed by atoms with E-state index in [0.29, 0.717) is 13.0 Å². The molecule has 0 aliphatic carbocycles. The normalized spacial score (nSPS) is 14.4. The predicted octanol–water partition coefficient (Wildman–Crippen LogP) is 0.963. The first kappa shape index (κ1) is 18.0. The molecule has 2 heterocycles. The van der Waals surface area contributed by atoms with E-state index in [2.05, 4.69) is 15.3 Å². The number of carbonyl (C=O) groups is 1. The average Bonchev–Trinajstić information content (AvgIpc) is 3.13. The van der Waals surface area contributed by atoms with E-state index in [-0.39, 0.29) is 6.54 Å². The van der Waals surface area contributed by atoms with Crippen LogP contribution in [-0.2, 0) is 24.0 Å². The summed E-state index contributed by atoms with van der Waals surface area (Å²) in [7, 11) is 1.32. The van der Waals surface area contributed by atoms with E-state index in [1.54, 1.807) is 23.3 Å². The maximum absolute atomic E-state index is 13.3. The lowest BCUT2D eigenvalue weighted by Crippen LogP contribution is -2.48. The molecule has 2 N–H and O–H groups in total. The van der Waals surface area contributed by atoms with E-state index in [1.165, 1.54) is 13.2 Å². The summed E-state index contributed by atoms with van der Waals surface area (Å²) in [5, 5.41) is 12.5. The Morgan fingerprint density at radius 3 is 2.62 bits per heavy atom. The van der Waals surface area contributed by atoms with Crippen LogP contribution in [0.15, 0.2) is 31.1 Å². The number of rotatable bonds is 7. The van der Waals surface area contributed by atoms with E-state index in [4.69, 9.17) is 0 Å². The number of nitrogens with zero attached hydrogens (tertiary/aromatic N) is 4. The molecule has 0 fully saturated rings. The summed E-state index contributed by atoms with van der Waals surface area (Å²) in [5.41, 5.74) is -3.33. The molecule has 1 amide bonds. The maximum atomic E-state index is 13.3. The van der Waals surface area contributed by atoms with Gasteiger partial charge in [-0.25, -0.2) is 9.97 Å². The molecule has 2 aromatic rings. The molecule has 0 saturated heterocycles. The number of amides is 1. The number of aliphatic hydroxyl groups is 1. The fourth-order valence-corrected chi connectivity index (χ4v) is 2.27. The minimum atomic E-state index is -5.03. The van der Waals surface area contributed by atoms with Crippen LogP contribution in [0.25, 0.3) is 0 Å². The number of hydrogen-bond acceptors (Lipinski definition) is 4. The first-order valence-corrected chi connectivity index (χ1v) is 7.23. The SMILES string of the molecule is Cn1ccnc1C(O)(CC(=O)NCCCn1ccnc1)C(F)(F)F. The maximum Gasteiger partial charge on any atom is 0.425 e. The molecular formula is C14H18F3N5O2. The van der Waals surface area contributed by atoms with E-state index in [0.717, 1.165) is 10.8 Å². The Morgan fingerprint density at radius 2 is 2.08 bits per heavy atom. The molecule has 0 spiro atoms. The van der Waals surface area contributed by atoms with Crippen LogP contribution in [0.5, 0.6) is 0 Å². The zero-order chi connectivity index (χ0) is 17.8. The van der Waals surface area contributed by atoms with Crippen molar-refractivity contribution in [1.82, 2.24) is 24.4 Å². The smallest absolute Gasteiger partial charge is 0.374 e. The fourth-order valence-electron chi connectivity index (χ4n) is 2.27. The molecular weight excluding hydrogens is 327 g/mol. The second kappa shape index (κ2) is 7.04. The van der Waals surface area contributed by atoms with Crippen molar-refractivity contribution in [3.63, 3.8) is 0 Å². The van der Waals surface area contributed by atoms with Crippen molar-refractivity contribution in [1.29, 1.82) is 0 Å². The molecule has 0 aromatic carbocycles. The number of hydrogen-bond donors (Lipinski definition) is 2. The van der Waals surface area contributed by atoms with Crippen LogP contribution in [0.2, 0.25) is 0 Å². The van der Waals surface area contributed by atoms with Crippen molar-refractivity contribution >= 4 is 5.91 Å². The number of imidazole rings is 2. The molecule has 132 valence electrons. The Labute approximate surface area is 136 Å². The van der Waals surface area contributed by atoms with E-state index in [9.17, 15) is 23.1 Å². The highest BCUT2D eigenvalue weighted by atomic mass is 19.4. The van der Waals surface area contributed by atoms with Crippen LogP contribution in [0.4, 0.5) is 13.2 Å².